The predicted molar refractivity (Wildman–Crippen MR) is 147 cm³/mol. The first-order chi connectivity index (χ1) is 16.5. The predicted octanol–water partition coefficient (Wildman–Crippen LogP) is 7.35. The van der Waals surface area contributed by atoms with Crippen molar-refractivity contribution in [1.82, 2.24) is 4.98 Å². The van der Waals surface area contributed by atoms with Gasteiger partial charge in [-0.2, -0.15) is 0 Å². The molecule has 1 aromatic heterocycles. The van der Waals surface area contributed by atoms with Crippen LogP contribution in [0.4, 0.5) is 5.82 Å². The van der Waals surface area contributed by atoms with Gasteiger partial charge in [-0.25, -0.2) is 4.99 Å². The Balaban J connectivity index is 1.75. The van der Waals surface area contributed by atoms with Crippen molar-refractivity contribution in [2.75, 3.05) is 0 Å². The minimum atomic E-state index is 0.703. The summed E-state index contributed by atoms with van der Waals surface area (Å²) in [6, 6.07) is 24.0. The molecular weight excluding hydrogens is 459 g/mol. The third kappa shape index (κ3) is 4.40. The summed E-state index contributed by atoms with van der Waals surface area (Å²) in [4.78, 5) is 8.75. The second kappa shape index (κ2) is 9.50. The fraction of sp³-hybridized carbons (Fsp3) is 0.100. The van der Waals surface area contributed by atoms with E-state index in [9.17, 15) is 0 Å². The van der Waals surface area contributed by atoms with E-state index in [-0.39, 0.29) is 0 Å². The fourth-order valence-electron chi connectivity index (χ4n) is 4.55. The maximum Gasteiger partial charge on any atom is 0.138 e. The van der Waals surface area contributed by atoms with Crippen LogP contribution in [0.3, 0.4) is 0 Å². The van der Waals surface area contributed by atoms with Crippen molar-refractivity contribution in [3.05, 3.63) is 116 Å². The number of rotatable bonds is 4. The summed E-state index contributed by atoms with van der Waals surface area (Å²) in [5.41, 5.74) is 7.63. The number of hydrogen-bond acceptors (Lipinski definition) is 1. The molecule has 0 aliphatic heterocycles. The van der Waals surface area contributed by atoms with Gasteiger partial charge in [-0.3, -0.25) is 0 Å². The summed E-state index contributed by atoms with van der Waals surface area (Å²) in [7, 11) is 0. The molecule has 0 unspecified atom stereocenters. The molecule has 1 heterocycles. The second-order valence-corrected chi connectivity index (χ2v) is 9.30. The molecule has 0 bridgehead atoms. The van der Waals surface area contributed by atoms with Gasteiger partial charge in [0.05, 0.1) is 0 Å². The zero-order valence-electron chi connectivity index (χ0n) is 18.9. The molecule has 34 heavy (non-hydrogen) atoms. The average Bonchev–Trinajstić information content (AvgIpc) is 3.20. The van der Waals surface area contributed by atoms with Crippen LogP contribution in [0.1, 0.15) is 30.2 Å². The van der Waals surface area contributed by atoms with Crippen LogP contribution in [-0.4, -0.2) is 10.7 Å². The van der Waals surface area contributed by atoms with Gasteiger partial charge in [0.15, 0.2) is 0 Å². The Hall–Kier alpha value is -3.33. The van der Waals surface area contributed by atoms with Crippen molar-refractivity contribution in [3.63, 3.8) is 0 Å². The third-order valence-corrected chi connectivity index (χ3v) is 6.66. The molecular formula is C30H24Cl2N2. The number of nitrogens with zero attached hydrogens (tertiary/aromatic N) is 1. The lowest BCUT2D eigenvalue weighted by molar-refractivity contribution is 0.987. The average molecular weight is 483 g/mol. The summed E-state index contributed by atoms with van der Waals surface area (Å²) in [6.07, 6.45) is 6.35. The molecule has 1 aliphatic rings. The van der Waals surface area contributed by atoms with Gasteiger partial charge in [0.1, 0.15) is 5.82 Å². The Morgan fingerprint density at radius 1 is 0.912 bits per heavy atom. The summed E-state index contributed by atoms with van der Waals surface area (Å²) in [5.74, 6) is 0.851. The van der Waals surface area contributed by atoms with Crippen LogP contribution in [-0.2, 0) is 6.42 Å². The smallest absolute Gasteiger partial charge is 0.138 e. The van der Waals surface area contributed by atoms with Gasteiger partial charge >= 0.3 is 0 Å². The number of aromatic amines is 1. The topological polar surface area (TPSA) is 28.1 Å². The van der Waals surface area contributed by atoms with E-state index in [0.717, 1.165) is 67.8 Å². The molecule has 0 amide bonds. The number of allylic oxidation sites excluding steroid dienone is 1. The highest BCUT2D eigenvalue weighted by Gasteiger charge is 2.20. The van der Waals surface area contributed by atoms with Crippen LogP contribution in [0, 0.1) is 0 Å². The molecule has 0 saturated carbocycles. The molecule has 1 N–H and O–H groups in total. The van der Waals surface area contributed by atoms with Gasteiger partial charge < -0.3 is 4.98 Å². The SMILES string of the molecule is C=c1cccc/c1=C(/C(C)=N/c1[nH]c2c(c1-c1ccc(Cl)cc1)CCC=C2)c1ccc(Cl)cc1. The quantitative estimate of drug-likeness (QED) is 0.294. The number of halogens is 2. The Morgan fingerprint density at radius 3 is 2.29 bits per heavy atom. The maximum atomic E-state index is 6.19. The number of benzene rings is 3. The van der Waals surface area contributed by atoms with Crippen LogP contribution < -0.4 is 10.4 Å². The molecule has 0 spiro atoms. The first-order valence-corrected chi connectivity index (χ1v) is 12.0. The van der Waals surface area contributed by atoms with E-state index in [0.29, 0.717) is 5.02 Å². The van der Waals surface area contributed by atoms with Crippen LogP contribution in [0.5, 0.6) is 0 Å². The highest BCUT2D eigenvalue weighted by Crippen LogP contribution is 2.39. The Bertz CT molecular complexity index is 1520. The van der Waals surface area contributed by atoms with E-state index in [1.807, 2.05) is 54.6 Å². The molecule has 0 atom stereocenters. The van der Waals surface area contributed by atoms with Crippen LogP contribution >= 0.6 is 23.2 Å². The maximum absolute atomic E-state index is 6.19. The zero-order valence-corrected chi connectivity index (χ0v) is 20.4. The molecule has 4 heteroatoms. The molecule has 2 nitrogen and oxygen atoms in total. The number of aromatic nitrogens is 1. The van der Waals surface area contributed by atoms with Gasteiger partial charge in [-0.15, -0.1) is 0 Å². The molecule has 3 aromatic carbocycles. The van der Waals surface area contributed by atoms with Gasteiger partial charge in [0.25, 0.3) is 0 Å². The molecule has 0 fully saturated rings. The molecule has 5 rings (SSSR count). The minimum Gasteiger partial charge on any atom is -0.339 e. The van der Waals surface area contributed by atoms with Crippen molar-refractivity contribution in [2.24, 2.45) is 4.99 Å². The van der Waals surface area contributed by atoms with E-state index >= 15 is 0 Å². The number of aliphatic imine (C=N–C) groups is 1. The van der Waals surface area contributed by atoms with Crippen LogP contribution in [0.2, 0.25) is 10.0 Å². The Labute approximate surface area is 209 Å². The molecule has 4 aromatic rings. The molecule has 1 aliphatic carbocycles. The lowest BCUT2D eigenvalue weighted by Gasteiger charge is -2.11. The number of hydrogen-bond donors (Lipinski definition) is 1. The van der Waals surface area contributed by atoms with Crippen molar-refractivity contribution in [3.8, 4) is 11.1 Å². The van der Waals surface area contributed by atoms with E-state index in [1.165, 1.54) is 5.56 Å². The number of nitrogens with one attached hydrogen (secondary N) is 1. The first-order valence-electron chi connectivity index (χ1n) is 11.3. The Kier molecular flexibility index (Phi) is 6.28. The van der Waals surface area contributed by atoms with Gasteiger partial charge in [0, 0.05) is 32.6 Å². The summed E-state index contributed by atoms with van der Waals surface area (Å²) in [6.45, 7) is 6.32. The lowest BCUT2D eigenvalue weighted by Crippen LogP contribution is -2.27. The van der Waals surface area contributed by atoms with Gasteiger partial charge in [-0.1, -0.05) is 84.4 Å². The number of H-pyrrole nitrogens is 1. The van der Waals surface area contributed by atoms with Crippen molar-refractivity contribution in [1.29, 1.82) is 0 Å². The van der Waals surface area contributed by atoms with Gasteiger partial charge in [-0.05, 0) is 77.2 Å². The zero-order chi connectivity index (χ0) is 23.7. The minimum absolute atomic E-state index is 0.703. The third-order valence-electron chi connectivity index (χ3n) is 6.16. The lowest BCUT2D eigenvalue weighted by atomic mass is 9.95. The van der Waals surface area contributed by atoms with E-state index < -0.39 is 0 Å². The largest absolute Gasteiger partial charge is 0.339 e. The molecule has 168 valence electrons. The van der Waals surface area contributed by atoms with Crippen molar-refractivity contribution >= 4 is 53.0 Å². The standard InChI is InChI=1S/C30H24Cl2N2/c1-19-7-3-4-8-25(19)28(21-11-15-23(31)16-12-21)20(2)33-30-29(22-13-17-24(32)18-14-22)26-9-5-6-10-27(26)34-30/h3-4,6-8,10-18,34H,1,5,9H2,2H3/b28-25+,33-20+. The van der Waals surface area contributed by atoms with Gasteiger partial charge in [0.2, 0.25) is 0 Å². The van der Waals surface area contributed by atoms with Crippen molar-refractivity contribution < 1.29 is 0 Å². The van der Waals surface area contributed by atoms with E-state index in [1.54, 1.807) is 0 Å². The van der Waals surface area contributed by atoms with Crippen LogP contribution in [0.15, 0.2) is 83.9 Å². The normalized spacial score (nSPS) is 14.1. The van der Waals surface area contributed by atoms with Crippen LogP contribution in [0.25, 0.3) is 29.4 Å². The monoisotopic (exact) mass is 482 g/mol. The summed E-state index contributed by atoms with van der Waals surface area (Å²) < 4.78 is 0. The first kappa shape index (κ1) is 22.5. The second-order valence-electron chi connectivity index (χ2n) is 8.43. The highest BCUT2D eigenvalue weighted by atomic mass is 35.5. The highest BCUT2D eigenvalue weighted by molar-refractivity contribution is 6.31. The van der Waals surface area contributed by atoms with E-state index in [4.69, 9.17) is 28.2 Å². The molecule has 0 saturated heterocycles. The molecule has 0 radical (unpaired) electrons. The van der Waals surface area contributed by atoms with Crippen molar-refractivity contribution in [2.45, 2.75) is 19.8 Å². The summed E-state index contributed by atoms with van der Waals surface area (Å²) in [5, 5.41) is 3.43. The van der Waals surface area contributed by atoms with E-state index in [2.05, 4.69) is 48.8 Å². The number of fused-ring (bicyclic) bond motifs is 1. The fourth-order valence-corrected chi connectivity index (χ4v) is 4.80. The Morgan fingerprint density at radius 2 is 1.59 bits per heavy atom. The summed E-state index contributed by atoms with van der Waals surface area (Å²) >= 11 is 12.4.